The average molecular weight is 323 g/mol. The van der Waals surface area contributed by atoms with E-state index in [1.807, 2.05) is 6.92 Å². The molecule has 0 aliphatic carbocycles. The van der Waals surface area contributed by atoms with Crippen LogP contribution in [0.3, 0.4) is 0 Å². The Bertz CT molecular complexity index is 688. The first-order valence-electron chi connectivity index (χ1n) is 7.04. The number of rotatable bonds is 3. The highest BCUT2D eigenvalue weighted by Gasteiger charge is 2.22. The standard InChI is InChI=1S/C17H19F2NOS/c1-10(17(2,3)4)20-16(21)15-8-7-14(22-15)11-5-6-12(18)13(19)9-11/h5-10H,1-4H3,(H,20,21)/t10-/m0/s1. The Labute approximate surface area is 133 Å². The summed E-state index contributed by atoms with van der Waals surface area (Å²) >= 11 is 1.26. The minimum atomic E-state index is -0.891. The van der Waals surface area contributed by atoms with Crippen LogP contribution in [0.2, 0.25) is 0 Å². The van der Waals surface area contributed by atoms with Gasteiger partial charge in [0.15, 0.2) is 11.6 Å². The first-order chi connectivity index (χ1) is 10.2. The van der Waals surface area contributed by atoms with Gasteiger partial charge in [-0.1, -0.05) is 26.8 Å². The minimum absolute atomic E-state index is 0.0221. The average Bonchev–Trinajstić information content (AvgIpc) is 2.90. The molecule has 5 heteroatoms. The van der Waals surface area contributed by atoms with Crippen molar-refractivity contribution in [3.05, 3.63) is 46.8 Å². The number of hydrogen-bond donors (Lipinski definition) is 1. The van der Waals surface area contributed by atoms with E-state index in [2.05, 4.69) is 26.1 Å². The molecule has 0 aliphatic rings. The lowest BCUT2D eigenvalue weighted by atomic mass is 9.88. The molecule has 0 saturated carbocycles. The lowest BCUT2D eigenvalue weighted by Gasteiger charge is -2.27. The topological polar surface area (TPSA) is 29.1 Å². The summed E-state index contributed by atoms with van der Waals surface area (Å²) in [5, 5.41) is 2.96. The van der Waals surface area contributed by atoms with Gasteiger partial charge in [-0.15, -0.1) is 11.3 Å². The van der Waals surface area contributed by atoms with Gasteiger partial charge >= 0.3 is 0 Å². The zero-order chi connectivity index (χ0) is 16.5. The van der Waals surface area contributed by atoms with Gasteiger partial charge in [0.25, 0.3) is 5.91 Å². The molecule has 0 aliphatic heterocycles. The van der Waals surface area contributed by atoms with Gasteiger partial charge in [-0.05, 0) is 42.2 Å². The van der Waals surface area contributed by atoms with Crippen molar-refractivity contribution in [2.75, 3.05) is 0 Å². The molecule has 0 fully saturated rings. The molecule has 0 unspecified atom stereocenters. The van der Waals surface area contributed by atoms with Crippen molar-refractivity contribution >= 4 is 17.2 Å². The number of thiophene rings is 1. The number of benzene rings is 1. The second-order valence-electron chi connectivity index (χ2n) is 6.35. The minimum Gasteiger partial charge on any atom is -0.348 e. The smallest absolute Gasteiger partial charge is 0.261 e. The van der Waals surface area contributed by atoms with Crippen LogP contribution in [0.4, 0.5) is 8.78 Å². The lowest BCUT2D eigenvalue weighted by molar-refractivity contribution is 0.0914. The Morgan fingerprint density at radius 2 is 1.82 bits per heavy atom. The Balaban J connectivity index is 2.17. The number of nitrogens with one attached hydrogen (secondary N) is 1. The fourth-order valence-electron chi connectivity index (χ4n) is 1.75. The summed E-state index contributed by atoms with van der Waals surface area (Å²) in [5.74, 6) is -1.92. The third-order valence-electron chi connectivity index (χ3n) is 3.68. The maximum Gasteiger partial charge on any atom is 0.261 e. The van der Waals surface area contributed by atoms with E-state index in [-0.39, 0.29) is 17.4 Å². The normalized spacial score (nSPS) is 13.0. The Morgan fingerprint density at radius 3 is 2.41 bits per heavy atom. The van der Waals surface area contributed by atoms with E-state index >= 15 is 0 Å². The van der Waals surface area contributed by atoms with E-state index in [0.717, 1.165) is 17.0 Å². The lowest BCUT2D eigenvalue weighted by Crippen LogP contribution is -2.41. The molecule has 118 valence electrons. The summed E-state index contributed by atoms with van der Waals surface area (Å²) in [6, 6.07) is 7.20. The molecule has 2 rings (SSSR count). The summed E-state index contributed by atoms with van der Waals surface area (Å²) in [6.45, 7) is 8.12. The molecular formula is C17H19F2NOS. The maximum atomic E-state index is 13.3. The first-order valence-corrected chi connectivity index (χ1v) is 7.86. The van der Waals surface area contributed by atoms with Gasteiger partial charge in [-0.3, -0.25) is 4.79 Å². The summed E-state index contributed by atoms with van der Waals surface area (Å²) in [4.78, 5) is 13.5. The molecule has 1 aromatic heterocycles. The summed E-state index contributed by atoms with van der Waals surface area (Å²) in [5.41, 5.74) is 0.530. The number of carbonyl (C=O) groups is 1. The number of amides is 1. The molecule has 2 aromatic rings. The Morgan fingerprint density at radius 1 is 1.14 bits per heavy atom. The number of carbonyl (C=O) groups excluding carboxylic acids is 1. The molecular weight excluding hydrogens is 304 g/mol. The zero-order valence-corrected chi connectivity index (χ0v) is 13.9. The predicted octanol–water partition coefficient (Wildman–Crippen LogP) is 4.86. The predicted molar refractivity (Wildman–Crippen MR) is 86.1 cm³/mol. The Hall–Kier alpha value is -1.75. The van der Waals surface area contributed by atoms with Crippen LogP contribution in [-0.4, -0.2) is 11.9 Å². The fraction of sp³-hybridized carbons (Fsp3) is 0.353. The molecule has 1 atom stereocenters. The second-order valence-corrected chi connectivity index (χ2v) is 7.44. The van der Waals surface area contributed by atoms with Crippen molar-refractivity contribution in [2.24, 2.45) is 5.41 Å². The monoisotopic (exact) mass is 323 g/mol. The van der Waals surface area contributed by atoms with Gasteiger partial charge in [0, 0.05) is 10.9 Å². The van der Waals surface area contributed by atoms with E-state index in [0.29, 0.717) is 10.4 Å². The van der Waals surface area contributed by atoms with Crippen LogP contribution in [0.25, 0.3) is 10.4 Å². The number of halogens is 2. The van der Waals surface area contributed by atoms with Crippen molar-refractivity contribution in [2.45, 2.75) is 33.7 Å². The summed E-state index contributed by atoms with van der Waals surface area (Å²) in [7, 11) is 0. The van der Waals surface area contributed by atoms with E-state index in [1.165, 1.54) is 17.4 Å². The third kappa shape index (κ3) is 3.71. The molecule has 0 spiro atoms. The highest BCUT2D eigenvalue weighted by molar-refractivity contribution is 7.17. The van der Waals surface area contributed by atoms with Crippen molar-refractivity contribution in [1.29, 1.82) is 0 Å². The van der Waals surface area contributed by atoms with Crippen molar-refractivity contribution in [3.8, 4) is 10.4 Å². The summed E-state index contributed by atoms with van der Waals surface area (Å²) < 4.78 is 26.3. The molecule has 1 heterocycles. The quantitative estimate of drug-likeness (QED) is 0.859. The molecule has 1 aromatic carbocycles. The largest absolute Gasteiger partial charge is 0.348 e. The zero-order valence-electron chi connectivity index (χ0n) is 13.0. The van der Waals surface area contributed by atoms with Crippen LogP contribution in [0, 0.1) is 17.0 Å². The molecule has 0 radical (unpaired) electrons. The van der Waals surface area contributed by atoms with Gasteiger partial charge in [0.1, 0.15) is 0 Å². The SMILES string of the molecule is C[C@H](NC(=O)c1ccc(-c2ccc(F)c(F)c2)s1)C(C)(C)C. The third-order valence-corrected chi connectivity index (χ3v) is 4.81. The van der Waals surface area contributed by atoms with E-state index in [1.54, 1.807) is 12.1 Å². The molecule has 2 nitrogen and oxygen atoms in total. The van der Waals surface area contributed by atoms with Crippen molar-refractivity contribution in [1.82, 2.24) is 5.32 Å². The molecule has 1 amide bonds. The second kappa shape index (κ2) is 6.16. The van der Waals surface area contributed by atoms with E-state index in [9.17, 15) is 13.6 Å². The van der Waals surface area contributed by atoms with E-state index in [4.69, 9.17) is 0 Å². The van der Waals surface area contributed by atoms with Crippen LogP contribution in [0.15, 0.2) is 30.3 Å². The molecule has 22 heavy (non-hydrogen) atoms. The van der Waals surface area contributed by atoms with E-state index < -0.39 is 11.6 Å². The van der Waals surface area contributed by atoms with Gasteiger partial charge in [-0.25, -0.2) is 8.78 Å². The Kier molecular flexibility index (Phi) is 4.66. The summed E-state index contributed by atoms with van der Waals surface area (Å²) in [6.07, 6.45) is 0. The highest BCUT2D eigenvalue weighted by atomic mass is 32.1. The molecule has 0 bridgehead atoms. The van der Waals surface area contributed by atoms with Gasteiger partial charge < -0.3 is 5.32 Å². The van der Waals surface area contributed by atoms with Crippen molar-refractivity contribution < 1.29 is 13.6 Å². The molecule has 1 N–H and O–H groups in total. The van der Waals surface area contributed by atoms with Gasteiger partial charge in [-0.2, -0.15) is 0 Å². The molecule has 0 saturated heterocycles. The van der Waals surface area contributed by atoms with Crippen LogP contribution in [0.1, 0.15) is 37.4 Å². The maximum absolute atomic E-state index is 13.3. The highest BCUT2D eigenvalue weighted by Crippen LogP contribution is 2.29. The van der Waals surface area contributed by atoms with Crippen LogP contribution >= 0.6 is 11.3 Å². The van der Waals surface area contributed by atoms with Crippen LogP contribution < -0.4 is 5.32 Å². The fourth-order valence-corrected chi connectivity index (χ4v) is 2.65. The van der Waals surface area contributed by atoms with Gasteiger partial charge in [0.05, 0.1) is 4.88 Å². The van der Waals surface area contributed by atoms with Crippen LogP contribution in [-0.2, 0) is 0 Å². The van der Waals surface area contributed by atoms with Gasteiger partial charge in [0.2, 0.25) is 0 Å². The first kappa shape index (κ1) is 16.6. The van der Waals surface area contributed by atoms with Crippen LogP contribution in [0.5, 0.6) is 0 Å². The van der Waals surface area contributed by atoms with Crippen molar-refractivity contribution in [3.63, 3.8) is 0 Å². The number of hydrogen-bond acceptors (Lipinski definition) is 2.